The first-order valence-corrected chi connectivity index (χ1v) is 6.80. The fraction of sp³-hybridized carbons (Fsp3) is 0.769. The third-order valence-corrected chi connectivity index (χ3v) is 3.66. The Balaban J connectivity index is 1.89. The molecule has 0 amide bonds. The maximum Gasteiger partial charge on any atom is 0.108 e. The van der Waals surface area contributed by atoms with Crippen LogP contribution in [0.2, 0.25) is 0 Å². The van der Waals surface area contributed by atoms with E-state index in [2.05, 4.69) is 15.0 Å². The molecular formula is C13H24N4O. The SMILES string of the molecule is CCOC(C1CC1)C(CCc1nccn1C)NN. The van der Waals surface area contributed by atoms with Crippen LogP contribution in [0.3, 0.4) is 0 Å². The Bertz CT molecular complexity index is 362. The highest BCUT2D eigenvalue weighted by Crippen LogP contribution is 2.36. The minimum Gasteiger partial charge on any atom is -0.377 e. The molecule has 2 atom stereocenters. The van der Waals surface area contributed by atoms with Crippen molar-refractivity contribution in [1.29, 1.82) is 0 Å². The van der Waals surface area contributed by atoms with Crippen LogP contribution in [-0.2, 0) is 18.2 Å². The van der Waals surface area contributed by atoms with Gasteiger partial charge in [-0.25, -0.2) is 4.98 Å². The number of imidazole rings is 1. The van der Waals surface area contributed by atoms with Gasteiger partial charge in [-0.2, -0.15) is 0 Å². The van der Waals surface area contributed by atoms with Gasteiger partial charge in [-0.15, -0.1) is 0 Å². The zero-order valence-electron chi connectivity index (χ0n) is 11.3. The number of nitrogens with two attached hydrogens (primary N) is 1. The first-order chi connectivity index (χ1) is 8.76. The maximum absolute atomic E-state index is 5.85. The minimum absolute atomic E-state index is 0.217. The van der Waals surface area contributed by atoms with E-state index in [1.54, 1.807) is 0 Å². The van der Waals surface area contributed by atoms with Crippen molar-refractivity contribution in [1.82, 2.24) is 15.0 Å². The quantitative estimate of drug-likeness (QED) is 0.535. The number of hydrazine groups is 1. The standard InChI is InChI=1S/C13H24N4O/c1-3-18-13(10-4-5-10)11(16-14)6-7-12-15-8-9-17(12)2/h8-11,13,16H,3-7,14H2,1-2H3. The third-order valence-electron chi connectivity index (χ3n) is 3.66. The van der Waals surface area contributed by atoms with Crippen molar-refractivity contribution in [2.45, 2.75) is 44.8 Å². The van der Waals surface area contributed by atoms with Crippen molar-refractivity contribution in [2.75, 3.05) is 6.61 Å². The van der Waals surface area contributed by atoms with E-state index in [0.29, 0.717) is 5.92 Å². The van der Waals surface area contributed by atoms with E-state index in [-0.39, 0.29) is 12.1 Å². The van der Waals surface area contributed by atoms with Gasteiger partial charge in [0.25, 0.3) is 0 Å². The van der Waals surface area contributed by atoms with E-state index in [0.717, 1.165) is 25.3 Å². The lowest BCUT2D eigenvalue weighted by atomic mass is 10.0. The molecule has 0 aromatic carbocycles. The molecule has 2 unspecified atom stereocenters. The molecule has 3 N–H and O–H groups in total. The largest absolute Gasteiger partial charge is 0.377 e. The van der Waals surface area contributed by atoms with E-state index >= 15 is 0 Å². The topological polar surface area (TPSA) is 65.1 Å². The molecule has 0 spiro atoms. The van der Waals surface area contributed by atoms with E-state index in [4.69, 9.17) is 10.6 Å². The van der Waals surface area contributed by atoms with Gasteiger partial charge in [-0.1, -0.05) is 0 Å². The van der Waals surface area contributed by atoms with Gasteiger partial charge in [-0.3, -0.25) is 11.3 Å². The number of aromatic nitrogens is 2. The average Bonchev–Trinajstić information content (AvgIpc) is 3.13. The second-order valence-corrected chi connectivity index (χ2v) is 5.02. The highest BCUT2D eigenvalue weighted by molar-refractivity contribution is 4.95. The summed E-state index contributed by atoms with van der Waals surface area (Å²) in [4.78, 5) is 4.34. The van der Waals surface area contributed by atoms with Crippen molar-refractivity contribution in [3.63, 3.8) is 0 Å². The summed E-state index contributed by atoms with van der Waals surface area (Å²) in [6.45, 7) is 2.80. The highest BCUT2D eigenvalue weighted by atomic mass is 16.5. The van der Waals surface area contributed by atoms with Crippen LogP contribution in [0.1, 0.15) is 32.0 Å². The second-order valence-electron chi connectivity index (χ2n) is 5.02. The van der Waals surface area contributed by atoms with Crippen LogP contribution >= 0.6 is 0 Å². The molecule has 1 fully saturated rings. The highest BCUT2D eigenvalue weighted by Gasteiger charge is 2.36. The average molecular weight is 252 g/mol. The minimum atomic E-state index is 0.217. The van der Waals surface area contributed by atoms with Gasteiger partial charge in [-0.05, 0) is 32.1 Å². The van der Waals surface area contributed by atoms with Gasteiger partial charge in [0.05, 0.1) is 6.10 Å². The molecule has 0 radical (unpaired) electrons. The number of nitrogens with zero attached hydrogens (tertiary/aromatic N) is 2. The van der Waals surface area contributed by atoms with Crippen LogP contribution in [0.25, 0.3) is 0 Å². The number of hydrogen-bond donors (Lipinski definition) is 2. The molecule has 0 saturated heterocycles. The van der Waals surface area contributed by atoms with Crippen LogP contribution in [0.5, 0.6) is 0 Å². The van der Waals surface area contributed by atoms with Gasteiger partial charge < -0.3 is 9.30 Å². The first kappa shape index (κ1) is 13.5. The molecule has 1 heterocycles. The normalized spacial score (nSPS) is 18.8. The summed E-state index contributed by atoms with van der Waals surface area (Å²) in [7, 11) is 2.02. The number of ether oxygens (including phenoxy) is 1. The van der Waals surface area contributed by atoms with Crippen molar-refractivity contribution >= 4 is 0 Å². The summed E-state index contributed by atoms with van der Waals surface area (Å²) in [5.74, 6) is 7.48. The molecular weight excluding hydrogens is 228 g/mol. The van der Waals surface area contributed by atoms with Gasteiger partial charge in [0.2, 0.25) is 0 Å². The predicted octanol–water partition coefficient (Wildman–Crippen LogP) is 1.000. The van der Waals surface area contributed by atoms with Crippen LogP contribution in [-0.4, -0.2) is 28.3 Å². The van der Waals surface area contributed by atoms with E-state index < -0.39 is 0 Å². The summed E-state index contributed by atoms with van der Waals surface area (Å²) in [5.41, 5.74) is 2.93. The molecule has 18 heavy (non-hydrogen) atoms. The Morgan fingerprint density at radius 3 is 2.89 bits per heavy atom. The fourth-order valence-corrected chi connectivity index (χ4v) is 2.46. The molecule has 5 nitrogen and oxygen atoms in total. The summed E-state index contributed by atoms with van der Waals surface area (Å²) < 4.78 is 7.91. The van der Waals surface area contributed by atoms with Crippen molar-refractivity contribution < 1.29 is 4.74 Å². The molecule has 0 bridgehead atoms. The first-order valence-electron chi connectivity index (χ1n) is 6.80. The lowest BCUT2D eigenvalue weighted by Crippen LogP contribution is -2.46. The van der Waals surface area contributed by atoms with Gasteiger partial charge in [0, 0.05) is 38.5 Å². The van der Waals surface area contributed by atoms with Crippen molar-refractivity contribution in [3.05, 3.63) is 18.2 Å². The fourth-order valence-electron chi connectivity index (χ4n) is 2.46. The summed E-state index contributed by atoms with van der Waals surface area (Å²) in [6, 6.07) is 0.217. The number of hydrogen-bond acceptors (Lipinski definition) is 4. The van der Waals surface area contributed by atoms with Gasteiger partial charge in [0.1, 0.15) is 5.82 Å². The summed E-state index contributed by atoms with van der Waals surface area (Å²) >= 11 is 0. The number of nitrogens with one attached hydrogen (secondary N) is 1. The zero-order valence-corrected chi connectivity index (χ0v) is 11.3. The monoisotopic (exact) mass is 252 g/mol. The number of aryl methyl sites for hydroxylation is 2. The lowest BCUT2D eigenvalue weighted by molar-refractivity contribution is 0.0169. The Labute approximate surface area is 109 Å². The lowest BCUT2D eigenvalue weighted by Gasteiger charge is -2.26. The Kier molecular flexibility index (Phi) is 4.74. The number of rotatable bonds is 8. The molecule has 1 aliphatic rings. The maximum atomic E-state index is 5.85. The van der Waals surface area contributed by atoms with Crippen LogP contribution < -0.4 is 11.3 Å². The Morgan fingerprint density at radius 2 is 2.39 bits per heavy atom. The van der Waals surface area contributed by atoms with E-state index in [1.165, 1.54) is 12.8 Å². The van der Waals surface area contributed by atoms with Gasteiger partial charge in [0.15, 0.2) is 0 Å². The zero-order chi connectivity index (χ0) is 13.0. The smallest absolute Gasteiger partial charge is 0.108 e. The molecule has 2 rings (SSSR count). The second kappa shape index (κ2) is 6.31. The summed E-state index contributed by atoms with van der Waals surface area (Å²) in [5, 5.41) is 0. The molecule has 1 aliphatic carbocycles. The van der Waals surface area contributed by atoms with E-state index in [9.17, 15) is 0 Å². The molecule has 102 valence electrons. The van der Waals surface area contributed by atoms with Crippen LogP contribution in [0.15, 0.2) is 12.4 Å². The van der Waals surface area contributed by atoms with E-state index in [1.807, 2.05) is 26.4 Å². The van der Waals surface area contributed by atoms with Crippen LogP contribution in [0, 0.1) is 5.92 Å². The molecule has 1 saturated carbocycles. The molecule has 5 heteroatoms. The van der Waals surface area contributed by atoms with Gasteiger partial charge >= 0.3 is 0 Å². The van der Waals surface area contributed by atoms with Crippen molar-refractivity contribution in [2.24, 2.45) is 18.8 Å². The molecule has 1 aromatic heterocycles. The van der Waals surface area contributed by atoms with Crippen molar-refractivity contribution in [3.8, 4) is 0 Å². The Morgan fingerprint density at radius 1 is 1.61 bits per heavy atom. The van der Waals surface area contributed by atoms with Crippen LogP contribution in [0.4, 0.5) is 0 Å². The predicted molar refractivity (Wildman–Crippen MR) is 70.8 cm³/mol. The Hall–Kier alpha value is -0.910. The molecule has 0 aliphatic heterocycles. The third kappa shape index (κ3) is 3.31. The summed E-state index contributed by atoms with van der Waals surface area (Å²) in [6.07, 6.45) is 8.48. The molecule has 1 aromatic rings.